The molecular formula is C21H18ClFN4O2. The van der Waals surface area contributed by atoms with E-state index in [0.717, 1.165) is 16.9 Å². The van der Waals surface area contributed by atoms with Gasteiger partial charge in [-0.25, -0.2) is 13.7 Å². The molecular weight excluding hydrogens is 395 g/mol. The molecule has 0 unspecified atom stereocenters. The number of hydrogen-bond acceptors (Lipinski definition) is 4. The van der Waals surface area contributed by atoms with Gasteiger partial charge in [0.2, 0.25) is 0 Å². The third-order valence-corrected chi connectivity index (χ3v) is 4.74. The van der Waals surface area contributed by atoms with E-state index >= 15 is 0 Å². The van der Waals surface area contributed by atoms with Gasteiger partial charge in [0.25, 0.3) is 0 Å². The van der Waals surface area contributed by atoms with Gasteiger partial charge in [0.05, 0.1) is 30.1 Å². The number of halogens is 2. The molecule has 1 aromatic carbocycles. The second-order valence-corrected chi connectivity index (χ2v) is 7.00. The molecule has 0 aliphatic carbocycles. The van der Waals surface area contributed by atoms with Crippen molar-refractivity contribution in [3.8, 4) is 11.3 Å². The van der Waals surface area contributed by atoms with Crippen molar-refractivity contribution in [2.75, 3.05) is 6.61 Å². The lowest BCUT2D eigenvalue weighted by Crippen LogP contribution is -2.11. The maximum atomic E-state index is 14.2. The van der Waals surface area contributed by atoms with E-state index in [9.17, 15) is 9.18 Å². The number of aromatic nitrogens is 4. The molecule has 8 heteroatoms. The Morgan fingerprint density at radius 2 is 1.97 bits per heavy atom. The number of ether oxygens (including phenoxy) is 1. The monoisotopic (exact) mass is 412 g/mol. The van der Waals surface area contributed by atoms with Gasteiger partial charge in [0.1, 0.15) is 5.82 Å². The largest absolute Gasteiger partial charge is 0.461 e. The minimum absolute atomic E-state index is 0.245. The fourth-order valence-electron chi connectivity index (χ4n) is 3.17. The molecule has 0 fully saturated rings. The predicted octanol–water partition coefficient (Wildman–Crippen LogP) is 4.52. The van der Waals surface area contributed by atoms with Crippen molar-refractivity contribution >= 4 is 23.1 Å². The van der Waals surface area contributed by atoms with E-state index in [4.69, 9.17) is 16.3 Å². The maximum absolute atomic E-state index is 14.2. The molecule has 6 nitrogen and oxygen atoms in total. The highest BCUT2D eigenvalue weighted by atomic mass is 35.5. The fourth-order valence-corrected chi connectivity index (χ4v) is 3.41. The molecule has 0 atom stereocenters. The zero-order chi connectivity index (χ0) is 20.5. The SMILES string of the molecule is CCOC(=O)c1cc(C)n(Cc2cc(Cl)cc3cc(-c4ccccc4F)nn23)n1. The number of benzene rings is 1. The number of hydrogen-bond donors (Lipinski definition) is 0. The summed E-state index contributed by atoms with van der Waals surface area (Å²) in [6, 6.07) is 13.5. The van der Waals surface area contributed by atoms with Crippen LogP contribution in [0.15, 0.2) is 48.5 Å². The summed E-state index contributed by atoms with van der Waals surface area (Å²) in [6.45, 7) is 4.22. The van der Waals surface area contributed by atoms with Crippen molar-refractivity contribution in [3.05, 3.63) is 76.5 Å². The van der Waals surface area contributed by atoms with Gasteiger partial charge >= 0.3 is 5.97 Å². The van der Waals surface area contributed by atoms with Gasteiger partial charge in [-0.3, -0.25) is 4.68 Å². The van der Waals surface area contributed by atoms with Crippen LogP contribution in [0.4, 0.5) is 4.39 Å². The number of carbonyl (C=O) groups is 1. The summed E-state index contributed by atoms with van der Waals surface area (Å²) in [7, 11) is 0. The van der Waals surface area contributed by atoms with E-state index in [2.05, 4.69) is 10.2 Å². The molecule has 3 heterocycles. The fraction of sp³-hybridized carbons (Fsp3) is 0.190. The molecule has 4 aromatic rings. The van der Waals surface area contributed by atoms with Crippen LogP contribution in [0.2, 0.25) is 5.02 Å². The maximum Gasteiger partial charge on any atom is 0.358 e. The van der Waals surface area contributed by atoms with Gasteiger partial charge in [-0.15, -0.1) is 0 Å². The van der Waals surface area contributed by atoms with Gasteiger partial charge in [0, 0.05) is 16.3 Å². The van der Waals surface area contributed by atoms with E-state index in [-0.39, 0.29) is 18.1 Å². The number of esters is 1. The van der Waals surface area contributed by atoms with Crippen molar-refractivity contribution in [2.45, 2.75) is 20.4 Å². The van der Waals surface area contributed by atoms with Crippen molar-refractivity contribution in [1.29, 1.82) is 0 Å². The van der Waals surface area contributed by atoms with Gasteiger partial charge in [0.15, 0.2) is 5.69 Å². The van der Waals surface area contributed by atoms with Gasteiger partial charge in [-0.2, -0.15) is 10.2 Å². The van der Waals surface area contributed by atoms with Crippen LogP contribution in [0.1, 0.15) is 28.8 Å². The molecule has 0 spiro atoms. The van der Waals surface area contributed by atoms with E-state index in [1.54, 1.807) is 58.6 Å². The highest BCUT2D eigenvalue weighted by Gasteiger charge is 2.16. The highest BCUT2D eigenvalue weighted by Crippen LogP contribution is 2.25. The van der Waals surface area contributed by atoms with Gasteiger partial charge in [-0.1, -0.05) is 23.7 Å². The summed E-state index contributed by atoms with van der Waals surface area (Å²) < 4.78 is 22.6. The Morgan fingerprint density at radius 3 is 2.72 bits per heavy atom. The second kappa shape index (κ2) is 7.67. The minimum Gasteiger partial charge on any atom is -0.461 e. The molecule has 0 saturated carbocycles. The molecule has 0 aliphatic heterocycles. The molecule has 0 aliphatic rings. The molecule has 0 saturated heterocycles. The predicted molar refractivity (Wildman–Crippen MR) is 108 cm³/mol. The molecule has 0 amide bonds. The topological polar surface area (TPSA) is 61.4 Å². The van der Waals surface area contributed by atoms with Crippen LogP contribution in [-0.4, -0.2) is 32.0 Å². The quantitative estimate of drug-likeness (QED) is 0.452. The lowest BCUT2D eigenvalue weighted by Gasteiger charge is -2.08. The summed E-state index contributed by atoms with van der Waals surface area (Å²) in [5.74, 6) is -0.808. The highest BCUT2D eigenvalue weighted by molar-refractivity contribution is 6.31. The average molecular weight is 413 g/mol. The first-order chi connectivity index (χ1) is 14.0. The Hall–Kier alpha value is -3.19. The number of fused-ring (bicyclic) bond motifs is 1. The molecule has 0 radical (unpaired) electrons. The summed E-state index contributed by atoms with van der Waals surface area (Å²) in [5, 5.41) is 9.43. The van der Waals surface area contributed by atoms with E-state index in [1.807, 2.05) is 6.92 Å². The Bertz CT molecular complexity index is 1210. The summed E-state index contributed by atoms with van der Waals surface area (Å²) >= 11 is 6.29. The molecule has 0 bridgehead atoms. The smallest absolute Gasteiger partial charge is 0.358 e. The molecule has 4 rings (SSSR count). The van der Waals surface area contributed by atoms with Crippen LogP contribution >= 0.6 is 11.6 Å². The van der Waals surface area contributed by atoms with Crippen LogP contribution in [0.3, 0.4) is 0 Å². The van der Waals surface area contributed by atoms with Crippen molar-refractivity contribution in [1.82, 2.24) is 19.4 Å². The number of nitrogens with zero attached hydrogens (tertiary/aromatic N) is 4. The van der Waals surface area contributed by atoms with Crippen molar-refractivity contribution in [3.63, 3.8) is 0 Å². The van der Waals surface area contributed by atoms with E-state index in [0.29, 0.717) is 22.8 Å². The molecule has 3 aromatic heterocycles. The number of carbonyl (C=O) groups excluding carboxylic acids is 1. The Balaban J connectivity index is 1.75. The van der Waals surface area contributed by atoms with Crippen LogP contribution in [-0.2, 0) is 11.3 Å². The number of pyridine rings is 1. The lowest BCUT2D eigenvalue weighted by molar-refractivity contribution is 0.0518. The normalized spacial score (nSPS) is 11.2. The van der Waals surface area contributed by atoms with Crippen LogP contribution in [0.5, 0.6) is 0 Å². The van der Waals surface area contributed by atoms with Crippen LogP contribution in [0, 0.1) is 12.7 Å². The molecule has 148 valence electrons. The standard InChI is InChI=1S/C21H18ClFN4O2/c1-3-29-21(28)20-8-13(2)26(24-20)12-16-10-14(22)9-15-11-19(25-27(15)16)17-6-4-5-7-18(17)23/h4-11H,3,12H2,1-2H3. The van der Waals surface area contributed by atoms with Crippen LogP contribution in [0.25, 0.3) is 16.8 Å². The van der Waals surface area contributed by atoms with E-state index in [1.165, 1.54) is 6.07 Å². The van der Waals surface area contributed by atoms with Crippen LogP contribution < -0.4 is 0 Å². The lowest BCUT2D eigenvalue weighted by atomic mass is 10.1. The number of aryl methyl sites for hydroxylation is 1. The average Bonchev–Trinajstić information content (AvgIpc) is 3.26. The Labute approximate surface area is 171 Å². The third kappa shape index (κ3) is 3.73. The molecule has 0 N–H and O–H groups in total. The van der Waals surface area contributed by atoms with Crippen molar-refractivity contribution in [2.24, 2.45) is 0 Å². The van der Waals surface area contributed by atoms with Gasteiger partial charge < -0.3 is 4.74 Å². The first-order valence-corrected chi connectivity index (χ1v) is 9.48. The third-order valence-electron chi connectivity index (χ3n) is 4.53. The Kier molecular flexibility index (Phi) is 5.07. The Morgan fingerprint density at radius 1 is 1.17 bits per heavy atom. The zero-order valence-corrected chi connectivity index (χ0v) is 16.7. The zero-order valence-electron chi connectivity index (χ0n) is 15.9. The summed E-state index contributed by atoms with van der Waals surface area (Å²) in [4.78, 5) is 11.9. The number of rotatable bonds is 5. The summed E-state index contributed by atoms with van der Waals surface area (Å²) in [5.41, 5.74) is 3.45. The molecule has 29 heavy (non-hydrogen) atoms. The van der Waals surface area contributed by atoms with E-state index < -0.39 is 5.97 Å². The van der Waals surface area contributed by atoms with Gasteiger partial charge in [-0.05, 0) is 50.2 Å². The summed E-state index contributed by atoms with van der Waals surface area (Å²) in [6.07, 6.45) is 0. The first-order valence-electron chi connectivity index (χ1n) is 9.11. The van der Waals surface area contributed by atoms with Crippen molar-refractivity contribution < 1.29 is 13.9 Å². The minimum atomic E-state index is -0.466. The second-order valence-electron chi connectivity index (χ2n) is 6.56. The first kappa shape index (κ1) is 19.1.